The van der Waals surface area contributed by atoms with E-state index < -0.39 is 17.5 Å². The van der Waals surface area contributed by atoms with Crippen molar-refractivity contribution in [3.05, 3.63) is 59.8 Å². The van der Waals surface area contributed by atoms with Crippen molar-refractivity contribution < 1.29 is 18.8 Å². The molecule has 2 aromatic carbocycles. The van der Waals surface area contributed by atoms with Crippen molar-refractivity contribution in [3.63, 3.8) is 0 Å². The molecule has 3 rings (SSSR count). The Bertz CT molecular complexity index is 884. The van der Waals surface area contributed by atoms with Gasteiger partial charge in [-0.2, -0.15) is 0 Å². The Morgan fingerprint density at radius 2 is 1.91 bits per heavy atom. The Kier molecular flexibility index (Phi) is 3.48. The Morgan fingerprint density at radius 3 is 2.68 bits per heavy atom. The van der Waals surface area contributed by atoms with E-state index in [0.29, 0.717) is 11.0 Å². The third kappa shape index (κ3) is 2.49. The van der Waals surface area contributed by atoms with Crippen molar-refractivity contribution in [1.29, 1.82) is 0 Å². The molecule has 0 aliphatic carbocycles. The maximum atomic E-state index is 13.8. The lowest BCUT2D eigenvalue weighted by Gasteiger charge is -2.05. The van der Waals surface area contributed by atoms with Gasteiger partial charge in [0.25, 0.3) is 5.91 Å². The Morgan fingerprint density at radius 1 is 1.09 bits per heavy atom. The van der Waals surface area contributed by atoms with Gasteiger partial charge in [0.1, 0.15) is 11.6 Å². The second-order valence-corrected chi connectivity index (χ2v) is 4.52. The van der Waals surface area contributed by atoms with E-state index in [1.54, 1.807) is 6.07 Å². The molecule has 0 saturated carbocycles. The molecule has 0 bridgehead atoms. The largest absolute Gasteiger partial charge is 0.288 e. The standard InChI is InChI=1S/C15H9F2N3O2/c16-9-2-3-11(17)10(6-9)14-7-18-12-4-1-8(15(21)20-22)5-13(12)19-14/h1-7,22H,(H,20,21). The summed E-state index contributed by atoms with van der Waals surface area (Å²) >= 11 is 0. The number of carbonyl (C=O) groups excluding carboxylic acids is 1. The average Bonchev–Trinajstić information content (AvgIpc) is 2.55. The topological polar surface area (TPSA) is 75.1 Å². The molecule has 22 heavy (non-hydrogen) atoms. The first-order chi connectivity index (χ1) is 10.6. The number of amides is 1. The molecule has 0 saturated heterocycles. The summed E-state index contributed by atoms with van der Waals surface area (Å²) in [6.07, 6.45) is 1.33. The fraction of sp³-hybridized carbons (Fsp3) is 0. The second-order valence-electron chi connectivity index (χ2n) is 4.52. The number of halogens is 2. The highest BCUT2D eigenvalue weighted by Crippen LogP contribution is 2.23. The smallest absolute Gasteiger partial charge is 0.274 e. The molecular weight excluding hydrogens is 292 g/mol. The van der Waals surface area contributed by atoms with Crippen molar-refractivity contribution in [2.45, 2.75) is 0 Å². The Hall–Kier alpha value is -2.93. The van der Waals surface area contributed by atoms with Gasteiger partial charge in [-0.15, -0.1) is 0 Å². The molecule has 0 fully saturated rings. The molecule has 7 heteroatoms. The Labute approximate surface area is 123 Å². The van der Waals surface area contributed by atoms with Gasteiger partial charge in [-0.3, -0.25) is 15.0 Å². The zero-order chi connectivity index (χ0) is 15.7. The minimum Gasteiger partial charge on any atom is -0.288 e. The number of hydrogen-bond donors (Lipinski definition) is 2. The van der Waals surface area contributed by atoms with Crippen LogP contribution in [-0.2, 0) is 0 Å². The lowest BCUT2D eigenvalue weighted by atomic mass is 10.1. The van der Waals surface area contributed by atoms with Gasteiger partial charge in [-0.25, -0.2) is 19.2 Å². The van der Waals surface area contributed by atoms with Crippen LogP contribution in [0, 0.1) is 11.6 Å². The molecule has 0 aliphatic rings. The summed E-state index contributed by atoms with van der Waals surface area (Å²) in [5.41, 5.74) is 2.61. The molecule has 1 aromatic heterocycles. The van der Waals surface area contributed by atoms with Crippen LogP contribution < -0.4 is 5.48 Å². The SMILES string of the molecule is O=C(NO)c1ccc2ncc(-c3cc(F)ccc3F)nc2c1. The van der Waals surface area contributed by atoms with Gasteiger partial charge in [0, 0.05) is 11.1 Å². The van der Waals surface area contributed by atoms with E-state index in [4.69, 9.17) is 5.21 Å². The van der Waals surface area contributed by atoms with Crippen LogP contribution in [-0.4, -0.2) is 21.1 Å². The van der Waals surface area contributed by atoms with Gasteiger partial charge < -0.3 is 0 Å². The number of fused-ring (bicyclic) bond motifs is 1. The second kappa shape index (κ2) is 5.45. The number of rotatable bonds is 2. The van der Waals surface area contributed by atoms with Crippen LogP contribution in [0.25, 0.3) is 22.3 Å². The molecule has 110 valence electrons. The summed E-state index contributed by atoms with van der Waals surface area (Å²) in [6, 6.07) is 7.44. The van der Waals surface area contributed by atoms with E-state index in [0.717, 1.165) is 18.2 Å². The van der Waals surface area contributed by atoms with Crippen LogP contribution in [0.4, 0.5) is 8.78 Å². The molecule has 1 amide bonds. The van der Waals surface area contributed by atoms with E-state index in [-0.39, 0.29) is 16.8 Å². The molecular formula is C15H9F2N3O2. The van der Waals surface area contributed by atoms with Crippen LogP contribution in [0.15, 0.2) is 42.6 Å². The quantitative estimate of drug-likeness (QED) is 0.563. The van der Waals surface area contributed by atoms with Crippen LogP contribution in [0.1, 0.15) is 10.4 Å². The van der Waals surface area contributed by atoms with Gasteiger partial charge in [0.15, 0.2) is 0 Å². The number of carbonyl (C=O) groups is 1. The maximum absolute atomic E-state index is 13.8. The summed E-state index contributed by atoms with van der Waals surface area (Å²) in [5, 5.41) is 8.63. The third-order valence-corrected chi connectivity index (χ3v) is 3.11. The predicted octanol–water partition coefficient (Wildman–Crippen LogP) is 2.69. The third-order valence-electron chi connectivity index (χ3n) is 3.11. The lowest BCUT2D eigenvalue weighted by Crippen LogP contribution is -2.18. The van der Waals surface area contributed by atoms with Crippen LogP contribution in [0.2, 0.25) is 0 Å². The Balaban J connectivity index is 2.15. The predicted molar refractivity (Wildman–Crippen MR) is 74.1 cm³/mol. The minimum atomic E-state index is -0.703. The molecule has 0 radical (unpaired) electrons. The summed E-state index contributed by atoms with van der Waals surface area (Å²) in [6.45, 7) is 0. The first kappa shape index (κ1) is 14.0. The van der Waals surface area contributed by atoms with Crippen molar-refractivity contribution in [1.82, 2.24) is 15.4 Å². The monoisotopic (exact) mass is 301 g/mol. The zero-order valence-electron chi connectivity index (χ0n) is 11.0. The number of nitrogens with zero attached hydrogens (tertiary/aromatic N) is 2. The van der Waals surface area contributed by atoms with E-state index in [1.807, 2.05) is 0 Å². The molecule has 5 nitrogen and oxygen atoms in total. The molecule has 0 spiro atoms. The summed E-state index contributed by atoms with van der Waals surface area (Å²) in [7, 11) is 0. The highest BCUT2D eigenvalue weighted by atomic mass is 19.1. The summed E-state index contributed by atoms with van der Waals surface area (Å²) in [5.74, 6) is -1.92. The first-order valence-electron chi connectivity index (χ1n) is 6.25. The number of hydrogen-bond acceptors (Lipinski definition) is 4. The highest BCUT2D eigenvalue weighted by Gasteiger charge is 2.11. The van der Waals surface area contributed by atoms with Crippen molar-refractivity contribution >= 4 is 16.9 Å². The normalized spacial score (nSPS) is 10.7. The first-order valence-corrected chi connectivity index (χ1v) is 6.25. The maximum Gasteiger partial charge on any atom is 0.274 e. The van der Waals surface area contributed by atoms with Gasteiger partial charge in [0.05, 0.1) is 22.9 Å². The van der Waals surface area contributed by atoms with Gasteiger partial charge in [0.2, 0.25) is 0 Å². The highest BCUT2D eigenvalue weighted by molar-refractivity contribution is 5.96. The fourth-order valence-electron chi connectivity index (χ4n) is 2.04. The van der Waals surface area contributed by atoms with Gasteiger partial charge in [-0.05, 0) is 36.4 Å². The van der Waals surface area contributed by atoms with Gasteiger partial charge >= 0.3 is 0 Å². The van der Waals surface area contributed by atoms with Gasteiger partial charge in [-0.1, -0.05) is 0 Å². The van der Waals surface area contributed by atoms with E-state index in [2.05, 4.69) is 9.97 Å². The number of nitrogens with one attached hydrogen (secondary N) is 1. The van der Waals surface area contributed by atoms with Crippen molar-refractivity contribution in [3.8, 4) is 11.3 Å². The van der Waals surface area contributed by atoms with E-state index >= 15 is 0 Å². The molecule has 3 aromatic rings. The van der Waals surface area contributed by atoms with Crippen molar-refractivity contribution in [2.24, 2.45) is 0 Å². The lowest BCUT2D eigenvalue weighted by molar-refractivity contribution is 0.0706. The number of hydroxylamine groups is 1. The molecule has 2 N–H and O–H groups in total. The molecule has 1 heterocycles. The molecule has 0 atom stereocenters. The van der Waals surface area contributed by atoms with Crippen LogP contribution in [0.3, 0.4) is 0 Å². The van der Waals surface area contributed by atoms with Crippen molar-refractivity contribution in [2.75, 3.05) is 0 Å². The zero-order valence-corrected chi connectivity index (χ0v) is 11.0. The van der Waals surface area contributed by atoms with E-state index in [1.165, 1.54) is 23.8 Å². The summed E-state index contributed by atoms with van der Waals surface area (Å²) in [4.78, 5) is 19.7. The average molecular weight is 301 g/mol. The number of aromatic nitrogens is 2. The number of benzene rings is 2. The minimum absolute atomic E-state index is 0.0218. The fourth-order valence-corrected chi connectivity index (χ4v) is 2.04. The molecule has 0 unspecified atom stereocenters. The van der Waals surface area contributed by atoms with Crippen LogP contribution in [0.5, 0.6) is 0 Å². The molecule has 0 aliphatic heterocycles. The van der Waals surface area contributed by atoms with E-state index in [9.17, 15) is 13.6 Å². The van der Waals surface area contributed by atoms with Crippen LogP contribution >= 0.6 is 0 Å². The summed E-state index contributed by atoms with van der Waals surface area (Å²) < 4.78 is 27.1.